The standard InChI is InChI=1S/C20H31/c1-3-5-7-8-9-10-11-12-14-20-17-15-19(16-18-20)13-6-4-2/h6,15-18H,3-5,7-12,14H2,1-2H3. The van der Waals surface area contributed by atoms with Crippen molar-refractivity contribution in [2.45, 2.75) is 78.1 Å². The summed E-state index contributed by atoms with van der Waals surface area (Å²) in [6.45, 7) is 4.42. The van der Waals surface area contributed by atoms with E-state index in [1.807, 2.05) is 0 Å². The molecule has 0 aliphatic carbocycles. The molecule has 0 amide bonds. The van der Waals surface area contributed by atoms with Crippen LogP contribution in [0.15, 0.2) is 30.3 Å². The molecule has 0 heteroatoms. The highest BCUT2D eigenvalue weighted by molar-refractivity contribution is 5.27. The second-order valence-electron chi connectivity index (χ2n) is 5.68. The molecule has 0 saturated carbocycles. The average Bonchev–Trinajstić information content (AvgIpc) is 2.49. The smallest absolute Gasteiger partial charge is 0.0149 e. The van der Waals surface area contributed by atoms with Crippen LogP contribution in [0.3, 0.4) is 0 Å². The molecule has 0 aromatic heterocycles. The Hall–Kier alpha value is -1.04. The quantitative estimate of drug-likeness (QED) is 0.404. The monoisotopic (exact) mass is 271 g/mol. The lowest BCUT2D eigenvalue weighted by Gasteiger charge is -2.03. The first-order chi connectivity index (χ1) is 9.86. The summed E-state index contributed by atoms with van der Waals surface area (Å²) in [6.07, 6.45) is 18.9. The van der Waals surface area contributed by atoms with Gasteiger partial charge in [0, 0.05) is 0 Å². The van der Waals surface area contributed by atoms with E-state index in [0.29, 0.717) is 0 Å². The Balaban J connectivity index is 2.08. The van der Waals surface area contributed by atoms with Crippen molar-refractivity contribution in [2.24, 2.45) is 0 Å². The van der Waals surface area contributed by atoms with Crippen LogP contribution in [0, 0.1) is 6.08 Å². The number of hydrogen-bond acceptors (Lipinski definition) is 0. The van der Waals surface area contributed by atoms with E-state index in [4.69, 9.17) is 0 Å². The van der Waals surface area contributed by atoms with Crippen molar-refractivity contribution < 1.29 is 0 Å². The van der Waals surface area contributed by atoms with E-state index in [-0.39, 0.29) is 0 Å². The van der Waals surface area contributed by atoms with Crippen molar-refractivity contribution in [1.82, 2.24) is 0 Å². The zero-order chi connectivity index (χ0) is 14.5. The third-order valence-electron chi connectivity index (χ3n) is 3.75. The Morgan fingerprint density at radius 2 is 1.40 bits per heavy atom. The topological polar surface area (TPSA) is 0 Å². The molecule has 1 aromatic rings. The van der Waals surface area contributed by atoms with Crippen LogP contribution < -0.4 is 0 Å². The van der Waals surface area contributed by atoms with Gasteiger partial charge >= 0.3 is 0 Å². The minimum absolute atomic E-state index is 1.06. The Morgan fingerprint density at radius 1 is 0.800 bits per heavy atom. The maximum Gasteiger partial charge on any atom is -0.0149 e. The number of unbranched alkanes of at least 4 members (excludes halogenated alkanes) is 7. The van der Waals surface area contributed by atoms with E-state index in [9.17, 15) is 0 Å². The largest absolute Gasteiger partial charge is 0.0763 e. The first-order valence-corrected chi connectivity index (χ1v) is 8.54. The fourth-order valence-electron chi connectivity index (χ4n) is 2.45. The number of allylic oxidation sites excluding steroid dienone is 1. The molecular formula is C20H31. The van der Waals surface area contributed by atoms with Crippen molar-refractivity contribution in [3.63, 3.8) is 0 Å². The Labute approximate surface area is 126 Å². The van der Waals surface area contributed by atoms with Gasteiger partial charge in [0.25, 0.3) is 0 Å². The van der Waals surface area contributed by atoms with Gasteiger partial charge in [-0.15, -0.1) is 0 Å². The molecule has 0 atom stereocenters. The van der Waals surface area contributed by atoms with Crippen LogP contribution in [0.4, 0.5) is 0 Å². The van der Waals surface area contributed by atoms with E-state index < -0.39 is 0 Å². The maximum absolute atomic E-state index is 3.30. The average molecular weight is 271 g/mol. The summed E-state index contributed by atoms with van der Waals surface area (Å²) in [6, 6.07) is 8.89. The third-order valence-corrected chi connectivity index (χ3v) is 3.75. The summed E-state index contributed by atoms with van der Waals surface area (Å²) in [7, 11) is 0. The molecule has 0 saturated heterocycles. The molecule has 20 heavy (non-hydrogen) atoms. The highest BCUT2D eigenvalue weighted by Crippen LogP contribution is 2.12. The van der Waals surface area contributed by atoms with Crippen molar-refractivity contribution >= 4 is 0 Å². The van der Waals surface area contributed by atoms with Crippen LogP contribution in [0.1, 0.15) is 82.8 Å². The molecule has 1 aromatic carbocycles. The molecule has 1 rings (SSSR count). The fraction of sp³-hybridized carbons (Fsp3) is 0.600. The van der Waals surface area contributed by atoms with Crippen LogP contribution in [0.5, 0.6) is 0 Å². The molecule has 0 aliphatic heterocycles. The lowest BCUT2D eigenvalue weighted by atomic mass is 10.0. The highest BCUT2D eigenvalue weighted by Gasteiger charge is 1.95. The van der Waals surface area contributed by atoms with Gasteiger partial charge in [0.15, 0.2) is 0 Å². The Kier molecular flexibility index (Phi) is 10.0. The van der Waals surface area contributed by atoms with Crippen LogP contribution >= 0.6 is 0 Å². The minimum Gasteiger partial charge on any atom is -0.0763 e. The Morgan fingerprint density at radius 3 is 2.00 bits per heavy atom. The van der Waals surface area contributed by atoms with Gasteiger partial charge in [-0.1, -0.05) is 89.1 Å². The van der Waals surface area contributed by atoms with Crippen molar-refractivity contribution in [3.8, 4) is 0 Å². The fourth-order valence-corrected chi connectivity index (χ4v) is 2.45. The van der Waals surface area contributed by atoms with Gasteiger partial charge in [-0.3, -0.25) is 0 Å². The van der Waals surface area contributed by atoms with Gasteiger partial charge in [-0.2, -0.15) is 0 Å². The molecule has 0 aliphatic rings. The lowest BCUT2D eigenvalue weighted by Crippen LogP contribution is -1.87. The van der Waals surface area contributed by atoms with Crippen molar-refractivity contribution in [2.75, 3.05) is 0 Å². The van der Waals surface area contributed by atoms with Crippen LogP contribution in [-0.4, -0.2) is 0 Å². The van der Waals surface area contributed by atoms with E-state index in [1.54, 1.807) is 0 Å². The van der Waals surface area contributed by atoms with Gasteiger partial charge in [-0.05, 0) is 36.5 Å². The molecule has 111 valence electrons. The second-order valence-corrected chi connectivity index (χ2v) is 5.68. The number of hydrogen-bond donors (Lipinski definition) is 0. The van der Waals surface area contributed by atoms with Gasteiger partial charge in [0.1, 0.15) is 0 Å². The SMILES string of the molecule is CC/C=[C]\c1ccc(CCCCCCCCCC)cc1. The van der Waals surface area contributed by atoms with Gasteiger partial charge in [0.05, 0.1) is 0 Å². The predicted octanol–water partition coefficient (Wildman–Crippen LogP) is 6.49. The number of benzene rings is 1. The normalized spacial score (nSPS) is 11.3. The molecule has 0 spiro atoms. The molecule has 0 fully saturated rings. The van der Waals surface area contributed by atoms with Crippen molar-refractivity contribution in [3.05, 3.63) is 47.5 Å². The molecule has 0 nitrogen and oxygen atoms in total. The highest BCUT2D eigenvalue weighted by atomic mass is 14.0. The summed E-state index contributed by atoms with van der Waals surface area (Å²) < 4.78 is 0. The molecule has 0 N–H and O–H groups in total. The van der Waals surface area contributed by atoms with E-state index in [1.165, 1.54) is 68.9 Å². The molecule has 1 radical (unpaired) electrons. The van der Waals surface area contributed by atoms with Crippen LogP contribution in [0.2, 0.25) is 0 Å². The molecule has 0 heterocycles. The van der Waals surface area contributed by atoms with E-state index >= 15 is 0 Å². The lowest BCUT2D eigenvalue weighted by molar-refractivity contribution is 0.575. The first-order valence-electron chi connectivity index (χ1n) is 8.54. The summed E-state index contributed by atoms with van der Waals surface area (Å²) in [5.41, 5.74) is 2.67. The van der Waals surface area contributed by atoms with Gasteiger partial charge < -0.3 is 0 Å². The first kappa shape index (κ1) is 17.0. The molecule has 0 unspecified atom stereocenters. The van der Waals surface area contributed by atoms with Gasteiger partial charge in [-0.25, -0.2) is 0 Å². The van der Waals surface area contributed by atoms with Gasteiger partial charge in [0.2, 0.25) is 0 Å². The molecule has 0 bridgehead atoms. The number of aryl methyl sites for hydroxylation is 1. The Bertz CT molecular complexity index is 345. The summed E-state index contributed by atoms with van der Waals surface area (Å²) >= 11 is 0. The maximum atomic E-state index is 3.30. The van der Waals surface area contributed by atoms with Crippen LogP contribution in [0.25, 0.3) is 0 Å². The minimum atomic E-state index is 1.06. The summed E-state index contributed by atoms with van der Waals surface area (Å²) in [5.74, 6) is 0. The van der Waals surface area contributed by atoms with E-state index in [2.05, 4.69) is 50.3 Å². The van der Waals surface area contributed by atoms with E-state index in [0.717, 1.165) is 6.42 Å². The zero-order valence-electron chi connectivity index (χ0n) is 13.5. The third kappa shape index (κ3) is 8.19. The second kappa shape index (κ2) is 11.8. The number of rotatable bonds is 11. The van der Waals surface area contributed by atoms with Crippen molar-refractivity contribution in [1.29, 1.82) is 0 Å². The molecular weight excluding hydrogens is 240 g/mol. The summed E-state index contributed by atoms with van der Waals surface area (Å²) in [4.78, 5) is 0. The summed E-state index contributed by atoms with van der Waals surface area (Å²) in [5, 5.41) is 0. The zero-order valence-corrected chi connectivity index (χ0v) is 13.5. The predicted molar refractivity (Wildman–Crippen MR) is 90.0 cm³/mol. The van der Waals surface area contributed by atoms with Crippen LogP contribution in [-0.2, 0) is 6.42 Å².